The van der Waals surface area contributed by atoms with E-state index in [0.717, 1.165) is 0 Å². The molecule has 2 aromatic rings. The van der Waals surface area contributed by atoms with Crippen LogP contribution in [0.3, 0.4) is 0 Å². The van der Waals surface area contributed by atoms with Crippen molar-refractivity contribution in [2.75, 3.05) is 6.61 Å². The Morgan fingerprint density at radius 2 is 2.13 bits per heavy atom. The van der Waals surface area contributed by atoms with E-state index in [4.69, 9.17) is 25.9 Å². The molecule has 1 aromatic carbocycles. The molecule has 0 aliphatic rings. The standard InChI is InChI=1S/C16H19ClN2O4/c1-4-22-12-6-5-10(17)7-11(12)15-19-18-13(23-15)8-16(2,3)9-14(20)21/h5-7H,4,8-9H2,1-3H3,(H,20,21). The average Bonchev–Trinajstić information content (AvgIpc) is 2.87. The van der Waals surface area contributed by atoms with Crippen LogP contribution in [0.2, 0.25) is 5.02 Å². The molecule has 1 aromatic heterocycles. The second-order valence-electron chi connectivity index (χ2n) is 5.99. The van der Waals surface area contributed by atoms with E-state index < -0.39 is 11.4 Å². The number of carbonyl (C=O) groups is 1. The summed E-state index contributed by atoms with van der Waals surface area (Å²) in [4.78, 5) is 10.9. The van der Waals surface area contributed by atoms with E-state index >= 15 is 0 Å². The molecule has 1 N–H and O–H groups in total. The summed E-state index contributed by atoms with van der Waals surface area (Å²) in [6.45, 7) is 6.07. The Hall–Kier alpha value is -2.08. The quantitative estimate of drug-likeness (QED) is 0.825. The van der Waals surface area contributed by atoms with E-state index in [1.165, 1.54) is 0 Å². The van der Waals surface area contributed by atoms with E-state index in [1.54, 1.807) is 18.2 Å². The van der Waals surface area contributed by atoms with E-state index in [9.17, 15) is 4.79 Å². The number of benzene rings is 1. The van der Waals surface area contributed by atoms with Crippen LogP contribution >= 0.6 is 11.6 Å². The van der Waals surface area contributed by atoms with Crippen LogP contribution in [0.1, 0.15) is 33.1 Å². The van der Waals surface area contributed by atoms with Crippen molar-refractivity contribution < 1.29 is 19.1 Å². The Bertz CT molecular complexity index is 697. The molecule has 0 radical (unpaired) electrons. The number of hydrogen-bond donors (Lipinski definition) is 1. The van der Waals surface area contributed by atoms with Gasteiger partial charge in [-0.3, -0.25) is 4.79 Å². The van der Waals surface area contributed by atoms with E-state index in [0.29, 0.717) is 41.1 Å². The molecule has 6 nitrogen and oxygen atoms in total. The highest BCUT2D eigenvalue weighted by Gasteiger charge is 2.25. The number of carboxylic acid groups (broad SMARTS) is 1. The molecule has 0 amide bonds. The summed E-state index contributed by atoms with van der Waals surface area (Å²) in [6.07, 6.45) is 0.392. The Kier molecular flexibility index (Phi) is 5.26. The molecule has 0 saturated heterocycles. The van der Waals surface area contributed by atoms with Crippen molar-refractivity contribution in [3.8, 4) is 17.2 Å². The molecular weight excluding hydrogens is 320 g/mol. The molecule has 0 aliphatic heterocycles. The first-order valence-electron chi connectivity index (χ1n) is 7.27. The van der Waals surface area contributed by atoms with Crippen molar-refractivity contribution in [2.45, 2.75) is 33.6 Å². The van der Waals surface area contributed by atoms with Crippen molar-refractivity contribution in [3.63, 3.8) is 0 Å². The van der Waals surface area contributed by atoms with Crippen LogP contribution in [0.15, 0.2) is 22.6 Å². The molecule has 2 rings (SSSR count). The zero-order chi connectivity index (χ0) is 17.0. The van der Waals surface area contributed by atoms with Crippen molar-refractivity contribution in [2.24, 2.45) is 5.41 Å². The average molecular weight is 339 g/mol. The van der Waals surface area contributed by atoms with Crippen LogP contribution < -0.4 is 4.74 Å². The molecule has 0 spiro atoms. The van der Waals surface area contributed by atoms with Crippen molar-refractivity contribution >= 4 is 17.6 Å². The van der Waals surface area contributed by atoms with Gasteiger partial charge in [-0.2, -0.15) is 0 Å². The maximum Gasteiger partial charge on any atom is 0.303 e. The van der Waals surface area contributed by atoms with Crippen molar-refractivity contribution in [1.82, 2.24) is 10.2 Å². The number of hydrogen-bond acceptors (Lipinski definition) is 5. The van der Waals surface area contributed by atoms with Gasteiger partial charge in [-0.15, -0.1) is 10.2 Å². The Morgan fingerprint density at radius 3 is 2.78 bits per heavy atom. The first-order valence-corrected chi connectivity index (χ1v) is 7.65. The van der Waals surface area contributed by atoms with Gasteiger partial charge < -0.3 is 14.3 Å². The zero-order valence-electron chi connectivity index (χ0n) is 13.3. The third kappa shape index (κ3) is 4.69. The molecule has 124 valence electrons. The summed E-state index contributed by atoms with van der Waals surface area (Å²) < 4.78 is 11.2. The third-order valence-electron chi connectivity index (χ3n) is 3.20. The normalized spacial score (nSPS) is 11.5. The summed E-state index contributed by atoms with van der Waals surface area (Å²) in [7, 11) is 0. The van der Waals surface area contributed by atoms with Gasteiger partial charge in [-0.1, -0.05) is 25.4 Å². The lowest BCUT2D eigenvalue weighted by Gasteiger charge is -2.19. The number of rotatable bonds is 7. The van der Waals surface area contributed by atoms with E-state index in [-0.39, 0.29) is 6.42 Å². The van der Waals surface area contributed by atoms with Gasteiger partial charge in [0.2, 0.25) is 5.89 Å². The van der Waals surface area contributed by atoms with Crippen LogP contribution in [0.4, 0.5) is 0 Å². The molecule has 23 heavy (non-hydrogen) atoms. The van der Waals surface area contributed by atoms with Crippen molar-refractivity contribution in [3.05, 3.63) is 29.1 Å². The molecule has 0 unspecified atom stereocenters. The maximum atomic E-state index is 10.9. The minimum absolute atomic E-state index is 0.0199. The SMILES string of the molecule is CCOc1ccc(Cl)cc1-c1nnc(CC(C)(C)CC(=O)O)o1. The first kappa shape index (κ1) is 17.3. The number of carboxylic acids is 1. The number of nitrogens with zero attached hydrogens (tertiary/aromatic N) is 2. The predicted molar refractivity (Wildman–Crippen MR) is 85.7 cm³/mol. The first-order chi connectivity index (χ1) is 10.8. The van der Waals surface area contributed by atoms with Gasteiger partial charge in [0, 0.05) is 11.4 Å². The smallest absolute Gasteiger partial charge is 0.303 e. The monoisotopic (exact) mass is 338 g/mol. The second-order valence-corrected chi connectivity index (χ2v) is 6.42. The Labute approximate surface area is 139 Å². The highest BCUT2D eigenvalue weighted by molar-refractivity contribution is 6.30. The summed E-state index contributed by atoms with van der Waals surface area (Å²) in [5, 5.41) is 17.5. The number of halogens is 1. The number of aromatic nitrogens is 2. The van der Waals surface area contributed by atoms with Crippen LogP contribution in [0.5, 0.6) is 5.75 Å². The maximum absolute atomic E-state index is 10.9. The molecule has 0 atom stereocenters. The van der Waals surface area contributed by atoms with Gasteiger partial charge in [-0.05, 0) is 30.5 Å². The Balaban J connectivity index is 2.26. The highest BCUT2D eigenvalue weighted by atomic mass is 35.5. The van der Waals surface area contributed by atoms with Crippen molar-refractivity contribution in [1.29, 1.82) is 0 Å². The fourth-order valence-electron chi connectivity index (χ4n) is 2.27. The lowest BCUT2D eigenvalue weighted by Crippen LogP contribution is -2.19. The summed E-state index contributed by atoms with van der Waals surface area (Å²) >= 11 is 6.03. The second kappa shape index (κ2) is 7.00. The van der Waals surface area contributed by atoms with E-state index in [1.807, 2.05) is 20.8 Å². The van der Waals surface area contributed by atoms with Gasteiger partial charge >= 0.3 is 5.97 Å². The fraction of sp³-hybridized carbons (Fsp3) is 0.438. The van der Waals surface area contributed by atoms with Crippen LogP contribution in [-0.2, 0) is 11.2 Å². The van der Waals surface area contributed by atoms with Gasteiger partial charge in [-0.25, -0.2) is 0 Å². The van der Waals surface area contributed by atoms with Gasteiger partial charge in [0.05, 0.1) is 18.6 Å². The summed E-state index contributed by atoms with van der Waals surface area (Å²) in [5.41, 5.74) is 0.140. The fourth-order valence-corrected chi connectivity index (χ4v) is 2.44. The van der Waals surface area contributed by atoms with E-state index in [2.05, 4.69) is 10.2 Å². The molecule has 0 bridgehead atoms. The minimum atomic E-state index is -0.858. The molecule has 0 saturated carbocycles. The third-order valence-corrected chi connectivity index (χ3v) is 3.43. The molecule has 0 fully saturated rings. The van der Waals surface area contributed by atoms with Crippen LogP contribution in [-0.4, -0.2) is 27.9 Å². The zero-order valence-corrected chi connectivity index (χ0v) is 14.1. The molecule has 1 heterocycles. The lowest BCUT2D eigenvalue weighted by atomic mass is 9.86. The molecular formula is C16H19ClN2O4. The largest absolute Gasteiger partial charge is 0.493 e. The summed E-state index contributed by atoms with van der Waals surface area (Å²) in [6, 6.07) is 5.18. The molecule has 0 aliphatic carbocycles. The Morgan fingerprint density at radius 1 is 1.39 bits per heavy atom. The number of aliphatic carboxylic acids is 1. The topological polar surface area (TPSA) is 85.5 Å². The van der Waals surface area contributed by atoms with Gasteiger partial charge in [0.1, 0.15) is 5.75 Å². The summed E-state index contributed by atoms with van der Waals surface area (Å²) in [5.74, 6) is 0.436. The highest BCUT2D eigenvalue weighted by Crippen LogP contribution is 2.33. The van der Waals surface area contributed by atoms with Crippen LogP contribution in [0, 0.1) is 5.41 Å². The molecule has 7 heteroatoms. The van der Waals surface area contributed by atoms with Crippen LogP contribution in [0.25, 0.3) is 11.5 Å². The van der Waals surface area contributed by atoms with Gasteiger partial charge in [0.25, 0.3) is 5.89 Å². The van der Waals surface area contributed by atoms with Gasteiger partial charge in [0.15, 0.2) is 0 Å². The number of ether oxygens (including phenoxy) is 1. The predicted octanol–water partition coefficient (Wildman–Crippen LogP) is 3.83. The minimum Gasteiger partial charge on any atom is -0.493 e. The lowest BCUT2D eigenvalue weighted by molar-refractivity contribution is -0.139.